The lowest BCUT2D eigenvalue weighted by Gasteiger charge is -2.09. The number of hydrogen-bond acceptors (Lipinski definition) is 4. The Morgan fingerprint density at radius 1 is 1.55 bits per heavy atom. The van der Waals surface area contributed by atoms with Crippen molar-refractivity contribution in [2.24, 2.45) is 7.05 Å². The smallest absolute Gasteiger partial charge is 0.258 e. The van der Waals surface area contributed by atoms with Gasteiger partial charge in [-0.3, -0.25) is 9.48 Å². The van der Waals surface area contributed by atoms with Gasteiger partial charge >= 0.3 is 0 Å². The summed E-state index contributed by atoms with van der Waals surface area (Å²) in [4.78, 5) is 12.3. The highest BCUT2D eigenvalue weighted by atomic mass is 79.9. The van der Waals surface area contributed by atoms with E-state index in [4.69, 9.17) is 10.00 Å². The van der Waals surface area contributed by atoms with Crippen molar-refractivity contribution in [3.63, 3.8) is 0 Å². The third-order valence-electron chi connectivity index (χ3n) is 2.71. The summed E-state index contributed by atoms with van der Waals surface area (Å²) in [7, 11) is 3.18. The lowest BCUT2D eigenvalue weighted by atomic mass is 10.2. The molecule has 0 saturated heterocycles. The van der Waals surface area contributed by atoms with Crippen molar-refractivity contribution in [1.82, 2.24) is 9.78 Å². The first-order valence-electron chi connectivity index (χ1n) is 5.63. The zero-order valence-corrected chi connectivity index (χ0v) is 12.4. The van der Waals surface area contributed by atoms with Gasteiger partial charge in [-0.1, -0.05) is 0 Å². The van der Waals surface area contributed by atoms with Gasteiger partial charge in [0, 0.05) is 11.5 Å². The number of nitrogens with one attached hydrogen (secondary N) is 1. The molecule has 0 unspecified atom stereocenters. The van der Waals surface area contributed by atoms with Crippen LogP contribution in [0.5, 0.6) is 5.75 Å². The Balaban J connectivity index is 2.33. The first kappa shape index (κ1) is 14.1. The summed E-state index contributed by atoms with van der Waals surface area (Å²) in [6.45, 7) is 0. The molecule has 1 aromatic heterocycles. The number of methoxy groups -OCH3 is 1. The van der Waals surface area contributed by atoms with Crippen molar-refractivity contribution < 1.29 is 9.53 Å². The third-order valence-corrected chi connectivity index (χ3v) is 3.40. The van der Waals surface area contributed by atoms with Crippen LogP contribution in [0.25, 0.3) is 0 Å². The van der Waals surface area contributed by atoms with E-state index < -0.39 is 0 Å². The summed E-state index contributed by atoms with van der Waals surface area (Å²) in [5.41, 5.74) is 0.717. The molecule has 1 amide bonds. The molecule has 7 heteroatoms. The third kappa shape index (κ3) is 2.65. The summed E-state index contributed by atoms with van der Waals surface area (Å²) < 4.78 is 7.16. The van der Waals surface area contributed by atoms with Crippen LogP contribution in [0.2, 0.25) is 0 Å². The standard InChI is InChI=1S/C13H11BrN4O2/c1-18-12(8(6-15)7-16-18)17-13(19)10-5-9(20-2)3-4-11(10)14/h3-5,7H,1-2H3,(H,17,19). The van der Waals surface area contributed by atoms with Gasteiger partial charge in [0.15, 0.2) is 0 Å². The number of aromatic nitrogens is 2. The monoisotopic (exact) mass is 334 g/mol. The van der Waals surface area contributed by atoms with Crippen LogP contribution < -0.4 is 10.1 Å². The minimum atomic E-state index is -0.351. The second-order valence-electron chi connectivity index (χ2n) is 3.94. The fourth-order valence-electron chi connectivity index (χ4n) is 1.65. The number of benzene rings is 1. The molecule has 6 nitrogen and oxygen atoms in total. The van der Waals surface area contributed by atoms with Crippen LogP contribution in [-0.2, 0) is 7.05 Å². The molecule has 0 bridgehead atoms. The van der Waals surface area contributed by atoms with E-state index in [1.807, 2.05) is 6.07 Å². The molecule has 0 fully saturated rings. The van der Waals surface area contributed by atoms with E-state index in [1.165, 1.54) is 18.0 Å². The predicted octanol–water partition coefficient (Wildman–Crippen LogP) is 2.32. The Bertz CT molecular complexity index is 703. The molecule has 0 atom stereocenters. The number of anilines is 1. The van der Waals surface area contributed by atoms with Crippen LogP contribution in [0, 0.1) is 11.3 Å². The number of ether oxygens (including phenoxy) is 1. The minimum absolute atomic E-state index is 0.305. The first-order chi connectivity index (χ1) is 9.56. The summed E-state index contributed by atoms with van der Waals surface area (Å²) in [5.74, 6) is 0.576. The molecule has 20 heavy (non-hydrogen) atoms. The van der Waals surface area contributed by atoms with E-state index in [2.05, 4.69) is 26.3 Å². The molecule has 0 aliphatic heterocycles. The van der Waals surface area contributed by atoms with Gasteiger partial charge in [-0.15, -0.1) is 0 Å². The van der Waals surface area contributed by atoms with E-state index in [-0.39, 0.29) is 5.91 Å². The quantitative estimate of drug-likeness (QED) is 0.933. The maximum Gasteiger partial charge on any atom is 0.258 e. The number of rotatable bonds is 3. The number of hydrogen-bond donors (Lipinski definition) is 1. The Kier molecular flexibility index (Phi) is 4.05. The molecule has 1 heterocycles. The van der Waals surface area contributed by atoms with Gasteiger partial charge in [0.2, 0.25) is 0 Å². The van der Waals surface area contributed by atoms with Gasteiger partial charge < -0.3 is 10.1 Å². The lowest BCUT2D eigenvalue weighted by molar-refractivity contribution is 0.102. The summed E-state index contributed by atoms with van der Waals surface area (Å²) in [6, 6.07) is 7.05. The largest absolute Gasteiger partial charge is 0.497 e. The molecule has 1 N–H and O–H groups in total. The number of aryl methyl sites for hydroxylation is 1. The Hall–Kier alpha value is -2.33. The zero-order chi connectivity index (χ0) is 14.7. The van der Waals surface area contributed by atoms with Gasteiger partial charge in [0.25, 0.3) is 5.91 Å². The van der Waals surface area contributed by atoms with Crippen LogP contribution in [0.4, 0.5) is 5.82 Å². The molecule has 2 aromatic rings. The van der Waals surface area contributed by atoms with Gasteiger partial charge in [0.1, 0.15) is 23.2 Å². The Labute approximate surface area is 124 Å². The SMILES string of the molecule is COc1ccc(Br)c(C(=O)Nc2c(C#N)cnn2C)c1. The molecule has 0 saturated carbocycles. The number of nitrogens with zero attached hydrogens (tertiary/aromatic N) is 3. The van der Waals surface area contributed by atoms with E-state index >= 15 is 0 Å². The molecular weight excluding hydrogens is 324 g/mol. The van der Waals surface area contributed by atoms with Gasteiger partial charge in [0.05, 0.1) is 18.9 Å². The first-order valence-corrected chi connectivity index (χ1v) is 6.43. The average molecular weight is 335 g/mol. The minimum Gasteiger partial charge on any atom is -0.497 e. The van der Waals surface area contributed by atoms with Crippen LogP contribution in [0.1, 0.15) is 15.9 Å². The molecule has 0 spiro atoms. The molecule has 0 aliphatic rings. The predicted molar refractivity (Wildman–Crippen MR) is 76.6 cm³/mol. The van der Waals surface area contributed by atoms with Crippen LogP contribution in [-0.4, -0.2) is 22.8 Å². The van der Waals surface area contributed by atoms with Crippen LogP contribution in [0.3, 0.4) is 0 Å². The second-order valence-corrected chi connectivity index (χ2v) is 4.80. The maximum absolute atomic E-state index is 12.3. The highest BCUT2D eigenvalue weighted by Crippen LogP contribution is 2.24. The van der Waals surface area contributed by atoms with E-state index in [1.54, 1.807) is 25.2 Å². The molecule has 102 valence electrons. The Morgan fingerprint density at radius 3 is 2.95 bits per heavy atom. The van der Waals surface area contributed by atoms with Crippen molar-refractivity contribution in [2.45, 2.75) is 0 Å². The van der Waals surface area contributed by atoms with Crippen LogP contribution >= 0.6 is 15.9 Å². The van der Waals surface area contributed by atoms with Crippen molar-refractivity contribution in [2.75, 3.05) is 12.4 Å². The molecule has 0 aliphatic carbocycles. The van der Waals surface area contributed by atoms with Crippen molar-refractivity contribution >= 4 is 27.7 Å². The summed E-state index contributed by atoms with van der Waals surface area (Å²) in [6.07, 6.45) is 1.40. The van der Waals surface area contributed by atoms with E-state index in [9.17, 15) is 4.79 Å². The fourth-order valence-corrected chi connectivity index (χ4v) is 2.07. The Morgan fingerprint density at radius 2 is 2.30 bits per heavy atom. The van der Waals surface area contributed by atoms with E-state index in [0.717, 1.165) is 0 Å². The molecule has 1 aromatic carbocycles. The van der Waals surface area contributed by atoms with Gasteiger partial charge in [-0.2, -0.15) is 10.4 Å². The van der Waals surface area contributed by atoms with Gasteiger partial charge in [-0.05, 0) is 34.1 Å². The summed E-state index contributed by atoms with van der Waals surface area (Å²) >= 11 is 3.31. The van der Waals surface area contributed by atoms with E-state index in [0.29, 0.717) is 27.2 Å². The number of halogens is 1. The highest BCUT2D eigenvalue weighted by molar-refractivity contribution is 9.10. The molecule has 0 radical (unpaired) electrons. The lowest BCUT2D eigenvalue weighted by Crippen LogP contribution is -2.16. The topological polar surface area (TPSA) is 79.9 Å². The number of amides is 1. The van der Waals surface area contributed by atoms with Crippen molar-refractivity contribution in [1.29, 1.82) is 5.26 Å². The van der Waals surface area contributed by atoms with Crippen molar-refractivity contribution in [3.05, 3.63) is 40.0 Å². The normalized spacial score (nSPS) is 9.90. The highest BCUT2D eigenvalue weighted by Gasteiger charge is 2.16. The maximum atomic E-state index is 12.3. The average Bonchev–Trinajstić information content (AvgIpc) is 2.80. The summed E-state index contributed by atoms with van der Waals surface area (Å²) in [5, 5.41) is 15.6. The molecular formula is C13H11BrN4O2. The molecule has 2 rings (SSSR count). The second kappa shape index (κ2) is 5.75. The van der Waals surface area contributed by atoms with Crippen LogP contribution in [0.15, 0.2) is 28.9 Å². The number of carbonyl (C=O) groups is 1. The van der Waals surface area contributed by atoms with Gasteiger partial charge in [-0.25, -0.2) is 0 Å². The van der Waals surface area contributed by atoms with Crippen molar-refractivity contribution in [3.8, 4) is 11.8 Å². The number of nitriles is 1. The fraction of sp³-hybridized carbons (Fsp3) is 0.154. The zero-order valence-electron chi connectivity index (χ0n) is 10.8. The number of carbonyl (C=O) groups excluding carboxylic acids is 1.